The molecule has 0 aliphatic carbocycles. The smallest absolute Gasteiger partial charge is 0.326 e. The van der Waals surface area contributed by atoms with Gasteiger partial charge in [-0.1, -0.05) is 6.42 Å². The number of aliphatic carboxylic acids is 1. The molecule has 0 spiro atoms. The minimum Gasteiger partial charge on any atom is -0.480 e. The molecule has 0 fully saturated rings. The highest BCUT2D eigenvalue weighted by atomic mass is 16.4. The average molecular weight is 440 g/mol. The Morgan fingerprint density at radius 2 is 1.81 bits per heavy atom. The number of nitrogens with one attached hydrogen (secondary N) is 3. The number of aromatic nitrogens is 2. The summed E-state index contributed by atoms with van der Waals surface area (Å²) in [5.41, 5.74) is 22.5. The minimum absolute atomic E-state index is 0.00828. The van der Waals surface area contributed by atoms with E-state index in [1.54, 1.807) is 0 Å². The van der Waals surface area contributed by atoms with E-state index in [0.717, 1.165) is 6.42 Å². The number of guanidine groups is 1. The van der Waals surface area contributed by atoms with Gasteiger partial charge in [-0.15, -0.1) is 0 Å². The van der Waals surface area contributed by atoms with Gasteiger partial charge < -0.3 is 43.7 Å². The number of nitrogens with two attached hydrogens (primary N) is 4. The second-order valence-corrected chi connectivity index (χ2v) is 7.08. The van der Waals surface area contributed by atoms with Crippen LogP contribution in [-0.2, 0) is 20.8 Å². The topological polar surface area (TPSA) is 241 Å². The first-order valence-electron chi connectivity index (χ1n) is 10.1. The van der Waals surface area contributed by atoms with Crippen molar-refractivity contribution < 1.29 is 19.5 Å². The number of aliphatic imine (C=N–C) groups is 1. The van der Waals surface area contributed by atoms with Gasteiger partial charge in [0, 0.05) is 24.9 Å². The van der Waals surface area contributed by atoms with E-state index in [1.807, 2.05) is 0 Å². The zero-order valence-corrected chi connectivity index (χ0v) is 17.4. The van der Waals surface area contributed by atoms with E-state index in [0.29, 0.717) is 31.5 Å². The largest absolute Gasteiger partial charge is 0.480 e. The Balaban J connectivity index is 2.79. The highest BCUT2D eigenvalue weighted by molar-refractivity contribution is 5.91. The summed E-state index contributed by atoms with van der Waals surface area (Å²) < 4.78 is 0. The molecule has 0 saturated heterocycles. The summed E-state index contributed by atoms with van der Waals surface area (Å²) in [5, 5.41) is 14.5. The Morgan fingerprint density at radius 1 is 1.10 bits per heavy atom. The minimum atomic E-state index is -1.22. The summed E-state index contributed by atoms with van der Waals surface area (Å²) in [5.74, 6) is -2.44. The molecule has 13 heteroatoms. The van der Waals surface area contributed by atoms with Gasteiger partial charge in [-0.3, -0.25) is 14.6 Å². The van der Waals surface area contributed by atoms with Crippen LogP contribution in [0.3, 0.4) is 0 Å². The summed E-state index contributed by atoms with van der Waals surface area (Å²) in [6.07, 6.45) is 5.30. The van der Waals surface area contributed by atoms with E-state index >= 15 is 0 Å². The number of carboxylic acids is 1. The molecule has 0 saturated carbocycles. The average Bonchev–Trinajstić information content (AvgIpc) is 3.22. The van der Waals surface area contributed by atoms with Gasteiger partial charge in [0.1, 0.15) is 12.1 Å². The van der Waals surface area contributed by atoms with Crippen LogP contribution >= 0.6 is 0 Å². The van der Waals surface area contributed by atoms with Gasteiger partial charge >= 0.3 is 5.97 Å². The molecule has 0 aliphatic heterocycles. The molecule has 1 rings (SSSR count). The lowest BCUT2D eigenvalue weighted by Gasteiger charge is -2.22. The van der Waals surface area contributed by atoms with Crippen LogP contribution in [0.15, 0.2) is 17.5 Å². The van der Waals surface area contributed by atoms with Gasteiger partial charge in [-0.05, 0) is 32.2 Å². The van der Waals surface area contributed by atoms with Crippen molar-refractivity contribution in [2.45, 2.75) is 56.7 Å². The van der Waals surface area contributed by atoms with Crippen molar-refractivity contribution >= 4 is 23.7 Å². The number of unbranched alkanes of at least 4 members (excludes halogenated alkanes) is 1. The van der Waals surface area contributed by atoms with E-state index in [2.05, 4.69) is 25.6 Å². The van der Waals surface area contributed by atoms with Crippen molar-refractivity contribution in [3.05, 3.63) is 18.2 Å². The van der Waals surface area contributed by atoms with Crippen LogP contribution in [0.25, 0.3) is 0 Å². The van der Waals surface area contributed by atoms with Gasteiger partial charge in [0.05, 0.1) is 12.4 Å². The van der Waals surface area contributed by atoms with Crippen molar-refractivity contribution in [3.8, 4) is 0 Å². The Bertz CT molecular complexity index is 720. The van der Waals surface area contributed by atoms with Crippen LogP contribution in [0.5, 0.6) is 0 Å². The Morgan fingerprint density at radius 3 is 2.39 bits per heavy atom. The number of rotatable bonds is 15. The fourth-order valence-corrected chi connectivity index (χ4v) is 2.78. The SMILES string of the molecule is NCCCCC(N)C(=O)NC(CCCN=C(N)N)C(=O)NC(Cc1cnc[nH]1)C(=O)O. The third-order valence-electron chi connectivity index (χ3n) is 4.48. The predicted octanol–water partition coefficient (Wildman–Crippen LogP) is -2.48. The molecular formula is C18H33N9O4. The zero-order valence-electron chi connectivity index (χ0n) is 17.4. The second-order valence-electron chi connectivity index (χ2n) is 7.08. The fraction of sp³-hybridized carbons (Fsp3) is 0.611. The van der Waals surface area contributed by atoms with Crippen LogP contribution in [0.1, 0.15) is 37.8 Å². The van der Waals surface area contributed by atoms with Gasteiger partial charge in [0.25, 0.3) is 0 Å². The third-order valence-corrected chi connectivity index (χ3v) is 4.48. The zero-order chi connectivity index (χ0) is 23.2. The monoisotopic (exact) mass is 439 g/mol. The van der Waals surface area contributed by atoms with Crippen LogP contribution in [0.2, 0.25) is 0 Å². The van der Waals surface area contributed by atoms with Crippen molar-refractivity contribution in [2.24, 2.45) is 27.9 Å². The maximum Gasteiger partial charge on any atom is 0.326 e. The molecule has 13 nitrogen and oxygen atoms in total. The fourth-order valence-electron chi connectivity index (χ4n) is 2.78. The summed E-state index contributed by atoms with van der Waals surface area (Å²) in [6.45, 7) is 0.748. The Kier molecular flexibility index (Phi) is 11.6. The maximum atomic E-state index is 12.8. The molecule has 1 heterocycles. The number of H-pyrrole nitrogens is 1. The molecule has 3 atom stereocenters. The van der Waals surface area contributed by atoms with Gasteiger partial charge in [0.2, 0.25) is 11.8 Å². The molecule has 1 aromatic rings. The highest BCUT2D eigenvalue weighted by Gasteiger charge is 2.28. The Labute approximate surface area is 180 Å². The number of imidazole rings is 1. The molecule has 1 aromatic heterocycles. The van der Waals surface area contributed by atoms with Gasteiger partial charge in [-0.25, -0.2) is 9.78 Å². The molecule has 0 aliphatic rings. The van der Waals surface area contributed by atoms with E-state index in [-0.39, 0.29) is 25.3 Å². The molecule has 3 unspecified atom stereocenters. The lowest BCUT2D eigenvalue weighted by Crippen LogP contribution is -2.54. The number of carbonyl (C=O) groups excluding carboxylic acids is 2. The first kappa shape index (κ1) is 25.8. The predicted molar refractivity (Wildman–Crippen MR) is 115 cm³/mol. The molecule has 0 bridgehead atoms. The quantitative estimate of drug-likeness (QED) is 0.0817. The van der Waals surface area contributed by atoms with Crippen LogP contribution < -0.4 is 33.6 Å². The Hall–Kier alpha value is -3.19. The second kappa shape index (κ2) is 13.9. The normalized spacial score (nSPS) is 13.6. The third kappa shape index (κ3) is 10.4. The summed E-state index contributed by atoms with van der Waals surface area (Å²) in [7, 11) is 0. The van der Waals surface area contributed by atoms with Crippen LogP contribution in [0.4, 0.5) is 0 Å². The number of amides is 2. The van der Waals surface area contributed by atoms with E-state index < -0.39 is 35.9 Å². The number of carboxylic acid groups (broad SMARTS) is 1. The van der Waals surface area contributed by atoms with Crippen molar-refractivity contribution in [1.29, 1.82) is 0 Å². The molecule has 174 valence electrons. The van der Waals surface area contributed by atoms with Gasteiger partial charge in [-0.2, -0.15) is 0 Å². The van der Waals surface area contributed by atoms with E-state index in [1.165, 1.54) is 12.5 Å². The van der Waals surface area contributed by atoms with Gasteiger partial charge in [0.15, 0.2) is 5.96 Å². The molecule has 31 heavy (non-hydrogen) atoms. The number of nitrogens with zero attached hydrogens (tertiary/aromatic N) is 2. The summed E-state index contributed by atoms with van der Waals surface area (Å²) in [4.78, 5) is 47.2. The first-order valence-corrected chi connectivity index (χ1v) is 10.1. The highest BCUT2D eigenvalue weighted by Crippen LogP contribution is 2.05. The molecule has 0 radical (unpaired) electrons. The number of carbonyl (C=O) groups is 3. The van der Waals surface area contributed by atoms with Crippen molar-refractivity contribution in [2.75, 3.05) is 13.1 Å². The van der Waals surface area contributed by atoms with Crippen molar-refractivity contribution in [3.63, 3.8) is 0 Å². The first-order chi connectivity index (χ1) is 14.7. The summed E-state index contributed by atoms with van der Waals surface area (Å²) in [6, 6.07) is -3.01. The molecule has 2 amide bonds. The van der Waals surface area contributed by atoms with Crippen molar-refractivity contribution in [1.82, 2.24) is 20.6 Å². The van der Waals surface area contributed by atoms with Crippen LogP contribution in [-0.4, -0.2) is 70.0 Å². The molecule has 0 aromatic carbocycles. The lowest BCUT2D eigenvalue weighted by molar-refractivity contribution is -0.142. The number of hydrogen-bond donors (Lipinski definition) is 8. The number of aromatic amines is 1. The standard InChI is InChI=1S/C18H33N9O4/c19-6-2-1-4-12(20)15(28)26-13(5-3-7-24-18(21)22)16(29)27-14(17(30)31)8-11-9-23-10-25-11/h9-10,12-14H,1-8,19-20H2,(H,23,25)(H,26,28)(H,27,29)(H,30,31)(H4,21,22,24). The van der Waals surface area contributed by atoms with E-state index in [4.69, 9.17) is 22.9 Å². The summed E-state index contributed by atoms with van der Waals surface area (Å²) >= 11 is 0. The number of hydrogen-bond acceptors (Lipinski definition) is 7. The molecule has 12 N–H and O–H groups in total. The maximum absolute atomic E-state index is 12.8. The van der Waals surface area contributed by atoms with E-state index in [9.17, 15) is 19.5 Å². The van der Waals surface area contributed by atoms with Crippen LogP contribution in [0, 0.1) is 0 Å². The molecular weight excluding hydrogens is 406 g/mol. The lowest BCUT2D eigenvalue weighted by atomic mass is 10.1.